The Balaban J connectivity index is 1.43. The van der Waals surface area contributed by atoms with Crippen LogP contribution in [-0.4, -0.2) is 54.6 Å². The second-order valence-electron chi connectivity index (χ2n) is 6.30. The fourth-order valence-corrected chi connectivity index (χ4v) is 2.92. The maximum Gasteiger partial charge on any atom is 0.320 e. The van der Waals surface area contributed by atoms with Gasteiger partial charge in [0.15, 0.2) is 12.5 Å². The van der Waals surface area contributed by atoms with Crippen LogP contribution >= 0.6 is 0 Å². The second-order valence-corrected chi connectivity index (χ2v) is 6.30. The summed E-state index contributed by atoms with van der Waals surface area (Å²) >= 11 is 0. The van der Waals surface area contributed by atoms with Crippen molar-refractivity contribution in [1.82, 2.24) is 15.1 Å². The molecular weight excluding hydrogens is 334 g/mol. The number of carbonyl (C=O) groups is 2. The van der Waals surface area contributed by atoms with Crippen molar-refractivity contribution in [2.24, 2.45) is 0 Å². The summed E-state index contributed by atoms with van der Waals surface area (Å²) in [5.41, 5.74) is 2.20. The van der Waals surface area contributed by atoms with E-state index in [0.717, 1.165) is 11.3 Å². The molecule has 1 aliphatic rings. The average Bonchev–Trinajstić information content (AvgIpc) is 3.17. The van der Waals surface area contributed by atoms with Crippen LogP contribution in [0.1, 0.15) is 21.7 Å². The van der Waals surface area contributed by atoms with E-state index in [1.165, 1.54) is 11.8 Å². The van der Waals surface area contributed by atoms with E-state index >= 15 is 0 Å². The largest absolute Gasteiger partial charge is 0.473 e. The molecule has 26 heavy (non-hydrogen) atoms. The topological polar surface area (TPSA) is 75.0 Å². The van der Waals surface area contributed by atoms with Crippen molar-refractivity contribution in [3.05, 3.63) is 53.5 Å². The number of benzene rings is 1. The monoisotopic (exact) mass is 357 g/mol. The normalized spacial score (nSPS) is 14.2. The van der Waals surface area contributed by atoms with Gasteiger partial charge in [-0.05, 0) is 37.6 Å². The predicted octanol–water partition coefficient (Wildman–Crippen LogP) is 2.40. The van der Waals surface area contributed by atoms with Gasteiger partial charge in [-0.2, -0.15) is 0 Å². The Hall–Kier alpha value is -2.96. The first kappa shape index (κ1) is 17.8. The number of hydrogen-bond donors (Lipinski definition) is 1. The van der Waals surface area contributed by atoms with Crippen LogP contribution in [0.4, 0.5) is 4.79 Å². The van der Waals surface area contributed by atoms with Crippen molar-refractivity contribution in [2.45, 2.75) is 13.8 Å². The minimum absolute atomic E-state index is 0.105. The number of aryl methyl sites for hydroxylation is 2. The molecule has 2 heterocycles. The van der Waals surface area contributed by atoms with Crippen LogP contribution in [0.3, 0.4) is 0 Å². The van der Waals surface area contributed by atoms with Crippen LogP contribution in [0.5, 0.6) is 5.75 Å². The highest BCUT2D eigenvalue weighted by atomic mass is 16.5. The summed E-state index contributed by atoms with van der Waals surface area (Å²) in [6, 6.07) is 9.04. The molecule has 3 amide bonds. The Morgan fingerprint density at radius 1 is 1.12 bits per heavy atom. The zero-order valence-corrected chi connectivity index (χ0v) is 15.0. The molecule has 1 aliphatic heterocycles. The lowest BCUT2D eigenvalue weighted by Gasteiger charge is -2.34. The highest BCUT2D eigenvalue weighted by Gasteiger charge is 2.25. The Bertz CT molecular complexity index is 765. The van der Waals surface area contributed by atoms with Crippen LogP contribution in [0.15, 0.2) is 41.0 Å². The van der Waals surface area contributed by atoms with Gasteiger partial charge in [0.2, 0.25) is 0 Å². The number of nitrogens with one attached hydrogen (secondary N) is 1. The molecule has 3 rings (SSSR count). The molecule has 0 radical (unpaired) electrons. The van der Waals surface area contributed by atoms with Gasteiger partial charge in [-0.3, -0.25) is 4.79 Å². The van der Waals surface area contributed by atoms with Crippen LogP contribution in [0.2, 0.25) is 0 Å². The maximum atomic E-state index is 12.2. The number of piperazine rings is 1. The molecule has 1 N–H and O–H groups in total. The summed E-state index contributed by atoms with van der Waals surface area (Å²) in [6.45, 7) is 6.00. The van der Waals surface area contributed by atoms with Gasteiger partial charge in [-0.25, -0.2) is 4.79 Å². The smallest absolute Gasteiger partial charge is 0.320 e. The number of furan rings is 1. The summed E-state index contributed by atoms with van der Waals surface area (Å²) < 4.78 is 10.8. The molecule has 0 aliphatic carbocycles. The third kappa shape index (κ3) is 4.17. The Morgan fingerprint density at radius 3 is 2.50 bits per heavy atom. The highest BCUT2D eigenvalue weighted by Crippen LogP contribution is 2.18. The molecule has 0 atom stereocenters. The summed E-state index contributed by atoms with van der Waals surface area (Å²) in [5, 5.41) is 2.76. The van der Waals surface area contributed by atoms with E-state index in [9.17, 15) is 9.59 Å². The van der Waals surface area contributed by atoms with Crippen molar-refractivity contribution in [3.63, 3.8) is 0 Å². The first-order valence-electron chi connectivity index (χ1n) is 8.60. The minimum atomic E-state index is -0.195. The van der Waals surface area contributed by atoms with Gasteiger partial charge in [0.1, 0.15) is 5.75 Å². The lowest BCUT2D eigenvalue weighted by molar-refractivity contribution is 0.0631. The van der Waals surface area contributed by atoms with Crippen molar-refractivity contribution < 1.29 is 18.7 Å². The lowest BCUT2D eigenvalue weighted by Crippen LogP contribution is -2.53. The molecule has 1 saturated heterocycles. The van der Waals surface area contributed by atoms with Crippen LogP contribution in [-0.2, 0) is 0 Å². The molecule has 0 spiro atoms. The van der Waals surface area contributed by atoms with Gasteiger partial charge in [-0.1, -0.05) is 17.7 Å². The fraction of sp³-hybridized carbons (Fsp3) is 0.368. The van der Waals surface area contributed by atoms with Crippen LogP contribution < -0.4 is 10.1 Å². The van der Waals surface area contributed by atoms with Gasteiger partial charge >= 0.3 is 6.03 Å². The molecule has 2 aromatic rings. The number of ether oxygens (including phenoxy) is 1. The standard InChI is InChI=1S/C19H23N3O4/c1-14-5-6-16(15(2)12-14)26-13-20-19(24)22-9-7-21(8-10-22)18(23)17-4-3-11-25-17/h3-6,11-12H,7-10,13H2,1-2H3,(H,20,24). The van der Waals surface area contributed by atoms with Crippen molar-refractivity contribution in [3.8, 4) is 5.75 Å². The van der Waals surface area contributed by atoms with Crippen molar-refractivity contribution in [2.75, 3.05) is 32.9 Å². The van der Waals surface area contributed by atoms with Gasteiger partial charge < -0.3 is 24.3 Å². The van der Waals surface area contributed by atoms with E-state index in [0.29, 0.717) is 31.9 Å². The van der Waals surface area contributed by atoms with Gasteiger partial charge in [0, 0.05) is 26.2 Å². The molecule has 1 aromatic heterocycles. The number of nitrogens with zero attached hydrogens (tertiary/aromatic N) is 2. The van der Waals surface area contributed by atoms with E-state index in [-0.39, 0.29) is 18.7 Å². The second kappa shape index (κ2) is 7.95. The van der Waals surface area contributed by atoms with E-state index in [1.54, 1.807) is 21.9 Å². The molecule has 1 aromatic carbocycles. The van der Waals surface area contributed by atoms with E-state index < -0.39 is 0 Å². The van der Waals surface area contributed by atoms with E-state index in [4.69, 9.17) is 9.15 Å². The molecule has 1 fully saturated rings. The predicted molar refractivity (Wildman–Crippen MR) is 96.1 cm³/mol. The average molecular weight is 357 g/mol. The molecule has 0 unspecified atom stereocenters. The first-order chi connectivity index (χ1) is 12.5. The minimum Gasteiger partial charge on any atom is -0.473 e. The van der Waals surface area contributed by atoms with Crippen molar-refractivity contribution >= 4 is 11.9 Å². The van der Waals surface area contributed by atoms with Crippen LogP contribution in [0, 0.1) is 13.8 Å². The third-order valence-corrected chi connectivity index (χ3v) is 4.37. The molecule has 0 bridgehead atoms. The summed E-state index contributed by atoms with van der Waals surface area (Å²) in [6.07, 6.45) is 1.48. The number of urea groups is 1. The number of rotatable bonds is 4. The Kier molecular flexibility index (Phi) is 5.46. The summed E-state index contributed by atoms with van der Waals surface area (Å²) in [4.78, 5) is 27.8. The van der Waals surface area contributed by atoms with Crippen LogP contribution in [0.25, 0.3) is 0 Å². The number of carbonyl (C=O) groups excluding carboxylic acids is 2. The maximum absolute atomic E-state index is 12.2. The Labute approximate surface area is 152 Å². The molecule has 7 nitrogen and oxygen atoms in total. The SMILES string of the molecule is Cc1ccc(OCNC(=O)N2CCN(C(=O)c3ccco3)CC2)c(C)c1. The summed E-state index contributed by atoms with van der Waals surface area (Å²) in [7, 11) is 0. The first-order valence-corrected chi connectivity index (χ1v) is 8.60. The fourth-order valence-electron chi connectivity index (χ4n) is 2.92. The van der Waals surface area contributed by atoms with Gasteiger partial charge in [-0.15, -0.1) is 0 Å². The molecule has 0 saturated carbocycles. The molecule has 7 heteroatoms. The third-order valence-electron chi connectivity index (χ3n) is 4.37. The lowest BCUT2D eigenvalue weighted by atomic mass is 10.1. The van der Waals surface area contributed by atoms with Gasteiger partial charge in [0.05, 0.1) is 6.26 Å². The van der Waals surface area contributed by atoms with E-state index in [1.807, 2.05) is 32.0 Å². The summed E-state index contributed by atoms with van der Waals surface area (Å²) in [5.74, 6) is 0.933. The number of amides is 3. The van der Waals surface area contributed by atoms with E-state index in [2.05, 4.69) is 5.32 Å². The highest BCUT2D eigenvalue weighted by molar-refractivity contribution is 5.91. The van der Waals surface area contributed by atoms with Gasteiger partial charge in [0.25, 0.3) is 5.91 Å². The molecule has 138 valence electrons. The quantitative estimate of drug-likeness (QED) is 0.853. The van der Waals surface area contributed by atoms with Crippen molar-refractivity contribution in [1.29, 1.82) is 0 Å². The molecular formula is C19H23N3O4. The number of hydrogen-bond acceptors (Lipinski definition) is 4. The zero-order valence-electron chi connectivity index (χ0n) is 15.0. The zero-order chi connectivity index (χ0) is 18.5. The Morgan fingerprint density at radius 2 is 1.85 bits per heavy atom.